The quantitative estimate of drug-likeness (QED) is 0.824. The van der Waals surface area contributed by atoms with Crippen LogP contribution in [0.15, 0.2) is 24.4 Å². The number of aryl methyl sites for hydroxylation is 1. The van der Waals surface area contributed by atoms with E-state index < -0.39 is 0 Å². The zero-order valence-corrected chi connectivity index (χ0v) is 9.42. The maximum Gasteiger partial charge on any atom is 0.143 e. The summed E-state index contributed by atoms with van der Waals surface area (Å²) in [4.78, 5) is 3.28. The summed E-state index contributed by atoms with van der Waals surface area (Å²) in [5.74, 6) is 1.64. The molecule has 3 rings (SSSR count). The Balaban J connectivity index is 1.84. The highest BCUT2D eigenvalue weighted by Crippen LogP contribution is 2.27. The summed E-state index contributed by atoms with van der Waals surface area (Å²) < 4.78 is 5.87. The van der Waals surface area contributed by atoms with Crippen molar-refractivity contribution in [3.8, 4) is 5.75 Å². The number of hydrogen-bond acceptors (Lipinski definition) is 2. The van der Waals surface area contributed by atoms with Gasteiger partial charge in [0.2, 0.25) is 0 Å². The van der Waals surface area contributed by atoms with Crippen molar-refractivity contribution in [3.63, 3.8) is 0 Å². The zero-order valence-electron chi connectivity index (χ0n) is 9.42. The van der Waals surface area contributed by atoms with Crippen molar-refractivity contribution in [1.82, 2.24) is 10.3 Å². The van der Waals surface area contributed by atoms with E-state index >= 15 is 0 Å². The smallest absolute Gasteiger partial charge is 0.143 e. The van der Waals surface area contributed by atoms with E-state index in [4.69, 9.17) is 4.74 Å². The minimum absolute atomic E-state index is 0.673. The molecule has 2 aromatic rings. The Bertz CT molecular complexity index is 500. The standard InChI is InChI=1S/C13H16N2O/c1-9-5-15-13-11(9)3-2-4-12(13)16-8-10-6-14-7-10/h2-5,10,14-15H,6-8H2,1H3. The fourth-order valence-corrected chi connectivity index (χ4v) is 2.06. The molecule has 0 atom stereocenters. The van der Waals surface area contributed by atoms with Crippen molar-refractivity contribution >= 4 is 10.9 Å². The summed E-state index contributed by atoms with van der Waals surface area (Å²) in [6, 6.07) is 6.21. The number of hydrogen-bond donors (Lipinski definition) is 2. The topological polar surface area (TPSA) is 37.0 Å². The van der Waals surface area contributed by atoms with Gasteiger partial charge in [0.05, 0.1) is 12.1 Å². The van der Waals surface area contributed by atoms with Crippen LogP contribution in [0.5, 0.6) is 5.75 Å². The molecule has 1 aromatic carbocycles. The first kappa shape index (κ1) is 9.73. The minimum atomic E-state index is 0.673. The number of benzene rings is 1. The van der Waals surface area contributed by atoms with Gasteiger partial charge in [-0.3, -0.25) is 0 Å². The molecule has 0 amide bonds. The molecule has 2 N–H and O–H groups in total. The average Bonchev–Trinajstić information content (AvgIpc) is 2.60. The molecular weight excluding hydrogens is 200 g/mol. The van der Waals surface area contributed by atoms with Crippen LogP contribution in [-0.2, 0) is 0 Å². The second-order valence-electron chi connectivity index (χ2n) is 4.49. The fraction of sp³-hybridized carbons (Fsp3) is 0.385. The second-order valence-corrected chi connectivity index (χ2v) is 4.49. The van der Waals surface area contributed by atoms with Crippen LogP contribution >= 0.6 is 0 Å². The van der Waals surface area contributed by atoms with Crippen molar-refractivity contribution in [2.75, 3.05) is 19.7 Å². The molecule has 0 bridgehead atoms. The summed E-state index contributed by atoms with van der Waals surface area (Å²) in [5, 5.41) is 4.50. The van der Waals surface area contributed by atoms with Crippen LogP contribution in [0.25, 0.3) is 10.9 Å². The van der Waals surface area contributed by atoms with Crippen molar-refractivity contribution in [2.24, 2.45) is 5.92 Å². The van der Waals surface area contributed by atoms with Crippen LogP contribution in [0.3, 0.4) is 0 Å². The van der Waals surface area contributed by atoms with Gasteiger partial charge in [0, 0.05) is 30.6 Å². The first-order chi connectivity index (χ1) is 7.84. The van der Waals surface area contributed by atoms with Crippen LogP contribution in [0.4, 0.5) is 0 Å². The lowest BCUT2D eigenvalue weighted by atomic mass is 10.1. The molecule has 1 saturated heterocycles. The Hall–Kier alpha value is -1.48. The minimum Gasteiger partial charge on any atom is -0.491 e. The van der Waals surface area contributed by atoms with Crippen molar-refractivity contribution in [1.29, 1.82) is 0 Å². The third-order valence-electron chi connectivity index (χ3n) is 3.22. The van der Waals surface area contributed by atoms with Gasteiger partial charge in [0.25, 0.3) is 0 Å². The summed E-state index contributed by atoms with van der Waals surface area (Å²) in [6.45, 7) is 5.09. The lowest BCUT2D eigenvalue weighted by Crippen LogP contribution is -2.45. The Morgan fingerprint density at radius 2 is 2.25 bits per heavy atom. The van der Waals surface area contributed by atoms with Gasteiger partial charge in [-0.05, 0) is 18.6 Å². The van der Waals surface area contributed by atoms with E-state index in [9.17, 15) is 0 Å². The number of rotatable bonds is 3. The molecule has 0 saturated carbocycles. The van der Waals surface area contributed by atoms with Gasteiger partial charge < -0.3 is 15.0 Å². The van der Waals surface area contributed by atoms with E-state index in [1.165, 1.54) is 10.9 Å². The van der Waals surface area contributed by atoms with Crippen LogP contribution in [0, 0.1) is 12.8 Å². The molecule has 1 aliphatic rings. The highest BCUT2D eigenvalue weighted by Gasteiger charge is 2.17. The molecule has 0 aliphatic carbocycles. The van der Waals surface area contributed by atoms with Gasteiger partial charge in [-0.25, -0.2) is 0 Å². The third kappa shape index (κ3) is 1.57. The molecular formula is C13H16N2O. The Morgan fingerprint density at radius 1 is 1.38 bits per heavy atom. The number of para-hydroxylation sites is 1. The predicted molar refractivity (Wildman–Crippen MR) is 64.9 cm³/mol. The van der Waals surface area contributed by atoms with Gasteiger partial charge in [-0.15, -0.1) is 0 Å². The molecule has 0 radical (unpaired) electrons. The molecule has 1 aliphatic heterocycles. The first-order valence-electron chi connectivity index (χ1n) is 5.75. The molecule has 16 heavy (non-hydrogen) atoms. The van der Waals surface area contributed by atoms with Crippen molar-refractivity contribution < 1.29 is 4.74 Å². The third-order valence-corrected chi connectivity index (χ3v) is 3.22. The molecule has 0 unspecified atom stereocenters. The predicted octanol–water partition coefficient (Wildman–Crippen LogP) is 2.07. The van der Waals surface area contributed by atoms with Gasteiger partial charge in [-0.2, -0.15) is 0 Å². The normalized spacial score (nSPS) is 16.3. The summed E-state index contributed by atoms with van der Waals surface area (Å²) in [5.41, 5.74) is 2.39. The lowest BCUT2D eigenvalue weighted by molar-refractivity contribution is 0.200. The maximum absolute atomic E-state index is 5.87. The Labute approximate surface area is 94.8 Å². The van der Waals surface area contributed by atoms with E-state index in [1.807, 2.05) is 12.3 Å². The second kappa shape index (κ2) is 3.83. The van der Waals surface area contributed by atoms with E-state index in [0.717, 1.165) is 31.0 Å². The number of aromatic amines is 1. The summed E-state index contributed by atoms with van der Waals surface area (Å²) >= 11 is 0. The largest absolute Gasteiger partial charge is 0.491 e. The van der Waals surface area contributed by atoms with Gasteiger partial charge >= 0.3 is 0 Å². The highest BCUT2D eigenvalue weighted by atomic mass is 16.5. The van der Waals surface area contributed by atoms with Crippen LogP contribution < -0.4 is 10.1 Å². The lowest BCUT2D eigenvalue weighted by Gasteiger charge is -2.26. The van der Waals surface area contributed by atoms with Gasteiger partial charge in [0.15, 0.2) is 0 Å². The summed E-state index contributed by atoms with van der Waals surface area (Å²) in [7, 11) is 0. The summed E-state index contributed by atoms with van der Waals surface area (Å²) in [6.07, 6.45) is 2.03. The zero-order chi connectivity index (χ0) is 11.0. The molecule has 3 nitrogen and oxygen atoms in total. The van der Waals surface area contributed by atoms with E-state index in [0.29, 0.717) is 5.92 Å². The van der Waals surface area contributed by atoms with E-state index in [1.54, 1.807) is 0 Å². The van der Waals surface area contributed by atoms with E-state index in [2.05, 4.69) is 29.4 Å². The molecule has 3 heteroatoms. The highest BCUT2D eigenvalue weighted by molar-refractivity contribution is 5.88. The first-order valence-corrected chi connectivity index (χ1v) is 5.75. The molecule has 84 valence electrons. The molecule has 2 heterocycles. The number of ether oxygens (including phenoxy) is 1. The van der Waals surface area contributed by atoms with Gasteiger partial charge in [0.1, 0.15) is 5.75 Å². The molecule has 0 spiro atoms. The number of H-pyrrole nitrogens is 1. The maximum atomic E-state index is 5.87. The van der Waals surface area contributed by atoms with Crippen molar-refractivity contribution in [2.45, 2.75) is 6.92 Å². The number of fused-ring (bicyclic) bond motifs is 1. The Morgan fingerprint density at radius 3 is 3.00 bits per heavy atom. The van der Waals surface area contributed by atoms with Crippen LogP contribution in [0.2, 0.25) is 0 Å². The van der Waals surface area contributed by atoms with Crippen LogP contribution in [0.1, 0.15) is 5.56 Å². The molecule has 1 aromatic heterocycles. The van der Waals surface area contributed by atoms with Crippen LogP contribution in [-0.4, -0.2) is 24.7 Å². The van der Waals surface area contributed by atoms with Gasteiger partial charge in [-0.1, -0.05) is 12.1 Å². The Kier molecular flexibility index (Phi) is 2.33. The monoisotopic (exact) mass is 216 g/mol. The average molecular weight is 216 g/mol. The van der Waals surface area contributed by atoms with E-state index in [-0.39, 0.29) is 0 Å². The fourth-order valence-electron chi connectivity index (χ4n) is 2.06. The SMILES string of the molecule is Cc1c[nH]c2c(OCC3CNC3)cccc12. The number of nitrogens with one attached hydrogen (secondary N) is 2. The molecule has 1 fully saturated rings. The van der Waals surface area contributed by atoms with Crippen molar-refractivity contribution in [3.05, 3.63) is 30.0 Å². The number of aromatic nitrogens is 1.